The number of rotatable bonds is 4. The first-order valence-electron chi connectivity index (χ1n) is 6.89. The molecule has 0 fully saturated rings. The summed E-state index contributed by atoms with van der Waals surface area (Å²) < 4.78 is 5.23. The van der Waals surface area contributed by atoms with Gasteiger partial charge < -0.3 is 15.5 Å². The van der Waals surface area contributed by atoms with Gasteiger partial charge in [-0.2, -0.15) is 0 Å². The van der Waals surface area contributed by atoms with Gasteiger partial charge in [-0.05, 0) is 29.7 Å². The fourth-order valence-electron chi connectivity index (χ4n) is 2.75. The number of amides is 1. The summed E-state index contributed by atoms with van der Waals surface area (Å²) in [6, 6.07) is 11.7. The molecule has 3 N–H and O–H groups in total. The maximum Gasteiger partial charge on any atom is 0.220 e. The highest BCUT2D eigenvalue weighted by atomic mass is 16.3. The molecule has 0 saturated carbocycles. The second-order valence-corrected chi connectivity index (χ2v) is 5.19. The van der Waals surface area contributed by atoms with Gasteiger partial charge in [0.15, 0.2) is 0 Å². The molecular weight excluding hydrogens is 252 g/mol. The van der Waals surface area contributed by atoms with Crippen molar-refractivity contribution in [2.45, 2.75) is 31.3 Å². The second kappa shape index (κ2) is 5.51. The summed E-state index contributed by atoms with van der Waals surface area (Å²) in [6.07, 6.45) is 3.47. The Kier molecular flexibility index (Phi) is 3.56. The fourth-order valence-corrected chi connectivity index (χ4v) is 2.75. The predicted molar refractivity (Wildman–Crippen MR) is 76.0 cm³/mol. The van der Waals surface area contributed by atoms with E-state index in [1.807, 2.05) is 30.3 Å². The molecule has 0 aliphatic heterocycles. The van der Waals surface area contributed by atoms with Crippen LogP contribution in [0.5, 0.6) is 0 Å². The molecule has 0 spiro atoms. The molecule has 4 heteroatoms. The van der Waals surface area contributed by atoms with E-state index in [-0.39, 0.29) is 18.0 Å². The lowest BCUT2D eigenvalue weighted by molar-refractivity contribution is -0.122. The topological polar surface area (TPSA) is 68.3 Å². The zero-order valence-corrected chi connectivity index (χ0v) is 11.2. The summed E-state index contributed by atoms with van der Waals surface area (Å²) in [6.45, 7) is 0. The van der Waals surface area contributed by atoms with Gasteiger partial charge in [0, 0.05) is 18.9 Å². The highest BCUT2D eigenvalue weighted by Crippen LogP contribution is 2.30. The Morgan fingerprint density at radius 3 is 2.95 bits per heavy atom. The molecule has 0 radical (unpaired) electrons. The van der Waals surface area contributed by atoms with Gasteiger partial charge in [0.05, 0.1) is 12.3 Å². The molecule has 1 aliphatic carbocycles. The third-order valence-corrected chi connectivity index (χ3v) is 3.77. The summed E-state index contributed by atoms with van der Waals surface area (Å²) in [5, 5.41) is 3.04. The molecule has 1 aromatic carbocycles. The van der Waals surface area contributed by atoms with E-state index in [2.05, 4.69) is 11.4 Å². The molecule has 20 heavy (non-hydrogen) atoms. The lowest BCUT2D eigenvalue weighted by atomic mass is 10.1. The third kappa shape index (κ3) is 2.60. The normalized spacial score (nSPS) is 20.6. The SMILES string of the molecule is NC1Cc2ccccc2C1NC(=O)CCc1ccco1. The number of benzene rings is 1. The highest BCUT2D eigenvalue weighted by Gasteiger charge is 2.30. The average Bonchev–Trinajstić information content (AvgIpc) is 3.06. The van der Waals surface area contributed by atoms with E-state index in [4.69, 9.17) is 10.2 Å². The van der Waals surface area contributed by atoms with Crippen LogP contribution in [0.1, 0.15) is 29.3 Å². The number of furan rings is 1. The number of nitrogens with one attached hydrogen (secondary N) is 1. The van der Waals surface area contributed by atoms with Crippen LogP contribution >= 0.6 is 0 Å². The molecule has 4 nitrogen and oxygen atoms in total. The van der Waals surface area contributed by atoms with Gasteiger partial charge in [0.1, 0.15) is 5.76 Å². The molecule has 0 bridgehead atoms. The number of fused-ring (bicyclic) bond motifs is 1. The maximum atomic E-state index is 12.0. The standard InChI is InChI=1S/C16H18N2O2/c17-14-10-11-4-1-2-6-13(11)16(14)18-15(19)8-7-12-5-3-9-20-12/h1-6,9,14,16H,7-8,10,17H2,(H,18,19). The van der Waals surface area contributed by atoms with Crippen molar-refractivity contribution < 1.29 is 9.21 Å². The first-order valence-corrected chi connectivity index (χ1v) is 6.89. The van der Waals surface area contributed by atoms with Crippen molar-refractivity contribution in [2.24, 2.45) is 5.73 Å². The fraction of sp³-hybridized carbons (Fsp3) is 0.312. The summed E-state index contributed by atoms with van der Waals surface area (Å²) in [7, 11) is 0. The van der Waals surface area contributed by atoms with E-state index in [1.54, 1.807) is 6.26 Å². The number of hydrogen-bond donors (Lipinski definition) is 2. The van der Waals surface area contributed by atoms with Gasteiger partial charge in [-0.3, -0.25) is 4.79 Å². The van der Waals surface area contributed by atoms with Gasteiger partial charge >= 0.3 is 0 Å². The minimum atomic E-state index is -0.0738. The first kappa shape index (κ1) is 12.9. The lowest BCUT2D eigenvalue weighted by Gasteiger charge is -2.18. The van der Waals surface area contributed by atoms with Crippen molar-refractivity contribution >= 4 is 5.91 Å². The van der Waals surface area contributed by atoms with Crippen molar-refractivity contribution in [3.63, 3.8) is 0 Å². The Morgan fingerprint density at radius 1 is 1.30 bits per heavy atom. The van der Waals surface area contributed by atoms with Gasteiger partial charge in [-0.25, -0.2) is 0 Å². The van der Waals surface area contributed by atoms with Crippen LogP contribution in [-0.2, 0) is 17.6 Å². The maximum absolute atomic E-state index is 12.0. The van der Waals surface area contributed by atoms with E-state index < -0.39 is 0 Å². The first-order chi connectivity index (χ1) is 9.74. The minimum Gasteiger partial charge on any atom is -0.469 e. The van der Waals surface area contributed by atoms with Crippen LogP contribution in [0, 0.1) is 0 Å². The number of carbonyl (C=O) groups excluding carboxylic acids is 1. The lowest BCUT2D eigenvalue weighted by Crippen LogP contribution is -2.38. The van der Waals surface area contributed by atoms with Crippen molar-refractivity contribution in [2.75, 3.05) is 0 Å². The van der Waals surface area contributed by atoms with Crippen LogP contribution in [-0.4, -0.2) is 11.9 Å². The summed E-state index contributed by atoms with van der Waals surface area (Å²) in [4.78, 5) is 12.0. The molecule has 2 aromatic rings. The monoisotopic (exact) mass is 270 g/mol. The molecule has 0 saturated heterocycles. The second-order valence-electron chi connectivity index (χ2n) is 5.19. The van der Waals surface area contributed by atoms with E-state index in [0.29, 0.717) is 12.8 Å². The summed E-state index contributed by atoms with van der Waals surface area (Å²) in [5.41, 5.74) is 8.51. The number of aryl methyl sites for hydroxylation is 1. The van der Waals surface area contributed by atoms with E-state index in [0.717, 1.165) is 17.7 Å². The van der Waals surface area contributed by atoms with E-state index in [9.17, 15) is 4.79 Å². The quantitative estimate of drug-likeness (QED) is 0.892. The molecular formula is C16H18N2O2. The van der Waals surface area contributed by atoms with Crippen molar-refractivity contribution in [1.82, 2.24) is 5.32 Å². The van der Waals surface area contributed by atoms with Gasteiger partial charge in [0.25, 0.3) is 0 Å². The van der Waals surface area contributed by atoms with Crippen LogP contribution in [0.25, 0.3) is 0 Å². The van der Waals surface area contributed by atoms with Crippen molar-refractivity contribution in [3.05, 3.63) is 59.5 Å². The Morgan fingerprint density at radius 2 is 2.15 bits per heavy atom. The van der Waals surface area contributed by atoms with Gasteiger partial charge in [0.2, 0.25) is 5.91 Å². The van der Waals surface area contributed by atoms with Crippen LogP contribution in [0.15, 0.2) is 47.1 Å². The molecule has 2 unspecified atom stereocenters. The molecule has 2 atom stereocenters. The number of hydrogen-bond acceptors (Lipinski definition) is 3. The van der Waals surface area contributed by atoms with E-state index in [1.165, 1.54) is 5.56 Å². The average molecular weight is 270 g/mol. The molecule has 1 amide bonds. The third-order valence-electron chi connectivity index (χ3n) is 3.77. The van der Waals surface area contributed by atoms with Crippen LogP contribution in [0.2, 0.25) is 0 Å². The van der Waals surface area contributed by atoms with E-state index >= 15 is 0 Å². The van der Waals surface area contributed by atoms with Crippen molar-refractivity contribution in [3.8, 4) is 0 Å². The molecule has 1 heterocycles. The largest absolute Gasteiger partial charge is 0.469 e. The smallest absolute Gasteiger partial charge is 0.220 e. The van der Waals surface area contributed by atoms with Gasteiger partial charge in [-0.1, -0.05) is 24.3 Å². The highest BCUT2D eigenvalue weighted by molar-refractivity contribution is 5.77. The Bertz CT molecular complexity index is 592. The number of nitrogens with two attached hydrogens (primary N) is 1. The summed E-state index contributed by atoms with van der Waals surface area (Å²) >= 11 is 0. The minimum absolute atomic E-state index is 0.0125. The Balaban J connectivity index is 1.61. The predicted octanol–water partition coefficient (Wildman–Crippen LogP) is 1.95. The molecule has 104 valence electrons. The zero-order chi connectivity index (χ0) is 13.9. The Hall–Kier alpha value is -2.07. The zero-order valence-electron chi connectivity index (χ0n) is 11.2. The van der Waals surface area contributed by atoms with Crippen LogP contribution in [0.4, 0.5) is 0 Å². The molecule has 3 rings (SSSR count). The molecule has 1 aliphatic rings. The molecule has 1 aromatic heterocycles. The van der Waals surface area contributed by atoms with Gasteiger partial charge in [-0.15, -0.1) is 0 Å². The Labute approximate surface area is 118 Å². The summed E-state index contributed by atoms with van der Waals surface area (Å²) in [5.74, 6) is 0.842. The van der Waals surface area contributed by atoms with Crippen molar-refractivity contribution in [1.29, 1.82) is 0 Å². The van der Waals surface area contributed by atoms with Crippen LogP contribution in [0.3, 0.4) is 0 Å². The van der Waals surface area contributed by atoms with Crippen LogP contribution < -0.4 is 11.1 Å². The number of carbonyl (C=O) groups is 1.